The molecule has 0 saturated carbocycles. The lowest BCUT2D eigenvalue weighted by Crippen LogP contribution is -2.42. The van der Waals surface area contributed by atoms with Crippen LogP contribution in [0.1, 0.15) is 17.4 Å². The standard InChI is InChI=1S/C18H18N6O6/c1-8(15(27)21-9-4-5-11(25)12(26)6-9)20-16(28)10-7-19-14-13(22-10)17(29)24(3)18(30)23(14)2/h4-8,25-26H,1-3H3,(H,20,28)(H,21,27)/t8-/m0/s1. The van der Waals surface area contributed by atoms with Gasteiger partial charge in [-0.1, -0.05) is 0 Å². The maximum absolute atomic E-state index is 12.5. The summed E-state index contributed by atoms with van der Waals surface area (Å²) in [6, 6.07) is 2.72. The lowest BCUT2D eigenvalue weighted by molar-refractivity contribution is -0.117. The Morgan fingerprint density at radius 2 is 1.80 bits per heavy atom. The van der Waals surface area contributed by atoms with Crippen molar-refractivity contribution in [2.75, 3.05) is 5.32 Å². The van der Waals surface area contributed by atoms with Gasteiger partial charge in [-0.2, -0.15) is 0 Å². The highest BCUT2D eigenvalue weighted by Crippen LogP contribution is 2.27. The van der Waals surface area contributed by atoms with E-state index in [1.54, 1.807) is 0 Å². The van der Waals surface area contributed by atoms with Crippen molar-refractivity contribution in [3.8, 4) is 11.5 Å². The molecule has 2 heterocycles. The minimum absolute atomic E-state index is 0.0255. The summed E-state index contributed by atoms with van der Waals surface area (Å²) in [7, 11) is 2.71. The van der Waals surface area contributed by atoms with Crippen LogP contribution >= 0.6 is 0 Å². The number of aryl methyl sites for hydroxylation is 1. The molecular formula is C18H18N6O6. The molecular weight excluding hydrogens is 396 g/mol. The van der Waals surface area contributed by atoms with Crippen LogP contribution in [0.15, 0.2) is 34.0 Å². The summed E-state index contributed by atoms with van der Waals surface area (Å²) in [4.78, 5) is 56.9. The first-order chi connectivity index (χ1) is 14.1. The summed E-state index contributed by atoms with van der Waals surface area (Å²) in [5.74, 6) is -2.10. The molecule has 3 rings (SSSR count). The normalized spacial score (nSPS) is 11.8. The molecule has 12 nitrogen and oxygen atoms in total. The minimum Gasteiger partial charge on any atom is -0.504 e. The van der Waals surface area contributed by atoms with Gasteiger partial charge in [-0.25, -0.2) is 14.8 Å². The van der Waals surface area contributed by atoms with Gasteiger partial charge in [0, 0.05) is 25.8 Å². The summed E-state index contributed by atoms with van der Waals surface area (Å²) in [6.45, 7) is 1.42. The van der Waals surface area contributed by atoms with Crippen LogP contribution in [0.5, 0.6) is 11.5 Å². The van der Waals surface area contributed by atoms with Crippen molar-refractivity contribution in [1.82, 2.24) is 24.4 Å². The molecule has 1 atom stereocenters. The van der Waals surface area contributed by atoms with E-state index in [1.165, 1.54) is 33.2 Å². The van der Waals surface area contributed by atoms with E-state index in [0.717, 1.165) is 21.4 Å². The second-order valence-corrected chi connectivity index (χ2v) is 6.52. The molecule has 1 aromatic carbocycles. The smallest absolute Gasteiger partial charge is 0.332 e. The number of hydrogen-bond donors (Lipinski definition) is 4. The molecule has 0 fully saturated rings. The van der Waals surface area contributed by atoms with E-state index in [1.807, 2.05) is 0 Å². The van der Waals surface area contributed by atoms with Crippen LogP contribution in [0, 0.1) is 0 Å². The van der Waals surface area contributed by atoms with E-state index in [0.29, 0.717) is 0 Å². The zero-order chi connectivity index (χ0) is 22.2. The van der Waals surface area contributed by atoms with E-state index in [4.69, 9.17) is 0 Å². The first-order valence-electron chi connectivity index (χ1n) is 8.66. The highest BCUT2D eigenvalue weighted by Gasteiger charge is 2.20. The average molecular weight is 414 g/mol. The van der Waals surface area contributed by atoms with E-state index in [-0.39, 0.29) is 28.3 Å². The third kappa shape index (κ3) is 3.70. The van der Waals surface area contributed by atoms with Crippen LogP contribution in [-0.4, -0.2) is 47.2 Å². The first kappa shape index (κ1) is 20.5. The Balaban J connectivity index is 1.80. The van der Waals surface area contributed by atoms with Gasteiger partial charge in [0.1, 0.15) is 11.7 Å². The van der Waals surface area contributed by atoms with E-state index < -0.39 is 34.9 Å². The number of hydrogen-bond acceptors (Lipinski definition) is 8. The van der Waals surface area contributed by atoms with E-state index in [9.17, 15) is 29.4 Å². The molecule has 0 saturated heterocycles. The third-order valence-corrected chi connectivity index (χ3v) is 4.37. The fourth-order valence-electron chi connectivity index (χ4n) is 2.63. The predicted octanol–water partition coefficient (Wildman–Crippen LogP) is -0.805. The van der Waals surface area contributed by atoms with Crippen molar-refractivity contribution in [2.45, 2.75) is 13.0 Å². The lowest BCUT2D eigenvalue weighted by Gasteiger charge is -2.14. The number of phenols is 2. The van der Waals surface area contributed by atoms with Gasteiger partial charge in [0.25, 0.3) is 11.5 Å². The largest absolute Gasteiger partial charge is 0.504 e. The summed E-state index contributed by atoms with van der Waals surface area (Å²) >= 11 is 0. The Morgan fingerprint density at radius 1 is 1.10 bits per heavy atom. The number of benzene rings is 1. The van der Waals surface area contributed by atoms with Gasteiger partial charge in [0.2, 0.25) is 5.91 Å². The van der Waals surface area contributed by atoms with Crippen LogP contribution in [0.4, 0.5) is 5.69 Å². The number of phenolic OH excluding ortho intramolecular Hbond substituents is 2. The van der Waals surface area contributed by atoms with Gasteiger partial charge in [0.05, 0.1) is 6.20 Å². The molecule has 156 valence electrons. The van der Waals surface area contributed by atoms with Crippen molar-refractivity contribution in [1.29, 1.82) is 0 Å². The second-order valence-electron chi connectivity index (χ2n) is 6.52. The molecule has 3 aromatic rings. The van der Waals surface area contributed by atoms with Crippen molar-refractivity contribution >= 4 is 28.7 Å². The monoisotopic (exact) mass is 414 g/mol. The molecule has 0 unspecified atom stereocenters. The van der Waals surface area contributed by atoms with Gasteiger partial charge >= 0.3 is 5.69 Å². The molecule has 12 heteroatoms. The van der Waals surface area contributed by atoms with Gasteiger partial charge < -0.3 is 20.8 Å². The Labute approximate surface area is 168 Å². The molecule has 0 bridgehead atoms. The zero-order valence-electron chi connectivity index (χ0n) is 16.2. The number of carbonyl (C=O) groups excluding carboxylic acids is 2. The van der Waals surface area contributed by atoms with Crippen molar-refractivity contribution in [3.63, 3.8) is 0 Å². The Kier molecular flexibility index (Phi) is 5.24. The molecule has 30 heavy (non-hydrogen) atoms. The predicted molar refractivity (Wildman–Crippen MR) is 105 cm³/mol. The van der Waals surface area contributed by atoms with Crippen LogP contribution in [-0.2, 0) is 18.9 Å². The highest BCUT2D eigenvalue weighted by molar-refractivity contribution is 6.00. The van der Waals surface area contributed by atoms with Crippen LogP contribution in [0.25, 0.3) is 11.2 Å². The van der Waals surface area contributed by atoms with Crippen molar-refractivity contribution in [2.24, 2.45) is 14.1 Å². The number of carbonyl (C=O) groups is 2. The van der Waals surface area contributed by atoms with Gasteiger partial charge in [0.15, 0.2) is 22.7 Å². The number of aromatic nitrogens is 4. The Bertz CT molecular complexity index is 1290. The number of anilines is 1. The fourth-order valence-corrected chi connectivity index (χ4v) is 2.63. The van der Waals surface area contributed by atoms with Gasteiger partial charge in [-0.3, -0.25) is 23.5 Å². The Hall–Kier alpha value is -4.22. The number of rotatable bonds is 4. The first-order valence-corrected chi connectivity index (χ1v) is 8.66. The lowest BCUT2D eigenvalue weighted by atomic mass is 10.2. The summed E-state index contributed by atoms with van der Waals surface area (Å²) in [6.07, 6.45) is 1.10. The fraction of sp³-hybridized carbons (Fsp3) is 0.222. The molecule has 2 aromatic heterocycles. The average Bonchev–Trinajstić information content (AvgIpc) is 2.72. The molecule has 4 N–H and O–H groups in total. The molecule has 2 amide bonds. The van der Waals surface area contributed by atoms with Crippen LogP contribution < -0.4 is 21.9 Å². The quantitative estimate of drug-likeness (QED) is 0.318. The van der Waals surface area contributed by atoms with E-state index >= 15 is 0 Å². The maximum atomic E-state index is 12.5. The summed E-state index contributed by atoms with van der Waals surface area (Å²) in [5, 5.41) is 23.7. The highest BCUT2D eigenvalue weighted by atomic mass is 16.3. The number of fused-ring (bicyclic) bond motifs is 1. The summed E-state index contributed by atoms with van der Waals surface area (Å²) < 4.78 is 1.98. The molecule has 0 aliphatic rings. The SMILES string of the molecule is C[C@H](NC(=O)c1cnc2c(n1)c(=O)n(C)c(=O)n2C)C(=O)Nc1ccc(O)c(O)c1. The molecule has 0 aliphatic heterocycles. The molecule has 0 aliphatic carbocycles. The van der Waals surface area contributed by atoms with Gasteiger partial charge in [-0.05, 0) is 19.1 Å². The topological polar surface area (TPSA) is 168 Å². The number of aromatic hydroxyl groups is 2. The second kappa shape index (κ2) is 7.66. The third-order valence-electron chi connectivity index (χ3n) is 4.37. The molecule has 0 spiro atoms. The number of nitrogens with zero attached hydrogens (tertiary/aromatic N) is 4. The van der Waals surface area contributed by atoms with Gasteiger partial charge in [-0.15, -0.1) is 0 Å². The van der Waals surface area contributed by atoms with Crippen molar-refractivity contribution < 1.29 is 19.8 Å². The number of nitrogens with one attached hydrogen (secondary N) is 2. The van der Waals surface area contributed by atoms with Crippen molar-refractivity contribution in [3.05, 3.63) is 50.9 Å². The zero-order valence-corrected chi connectivity index (χ0v) is 16.2. The maximum Gasteiger partial charge on any atom is 0.332 e. The van der Waals surface area contributed by atoms with Crippen LogP contribution in [0.2, 0.25) is 0 Å². The van der Waals surface area contributed by atoms with Crippen LogP contribution in [0.3, 0.4) is 0 Å². The van der Waals surface area contributed by atoms with E-state index in [2.05, 4.69) is 20.6 Å². The Morgan fingerprint density at radius 3 is 2.47 bits per heavy atom. The summed E-state index contributed by atoms with van der Waals surface area (Å²) in [5.41, 5.74) is -1.41. The molecule has 0 radical (unpaired) electrons. The number of amides is 2. The minimum atomic E-state index is -1.01.